The second kappa shape index (κ2) is 3.69. The first-order valence-electron chi connectivity index (χ1n) is 3.91. The summed E-state index contributed by atoms with van der Waals surface area (Å²) in [6, 6.07) is -0.715. The Bertz CT molecular complexity index is 143. The van der Waals surface area contributed by atoms with Crippen LogP contribution in [-0.4, -0.2) is 41.7 Å². The summed E-state index contributed by atoms with van der Waals surface area (Å²) >= 11 is 0. The maximum Gasteiger partial charge on any atom is 0.321 e. The lowest BCUT2D eigenvalue weighted by Crippen LogP contribution is -2.41. The molecule has 11 heavy (non-hydrogen) atoms. The van der Waals surface area contributed by atoms with Crippen LogP contribution in [0.1, 0.15) is 12.8 Å². The Hall–Kier alpha value is -0.610. The van der Waals surface area contributed by atoms with E-state index >= 15 is 0 Å². The van der Waals surface area contributed by atoms with Gasteiger partial charge in [0, 0.05) is 6.54 Å². The molecule has 4 heteroatoms. The maximum absolute atomic E-state index is 10.3. The molecule has 0 spiro atoms. The zero-order valence-electron chi connectivity index (χ0n) is 6.49. The van der Waals surface area contributed by atoms with Gasteiger partial charge in [-0.2, -0.15) is 0 Å². The first kappa shape index (κ1) is 8.49. The summed E-state index contributed by atoms with van der Waals surface area (Å²) in [5.74, 6) is -0.906. The van der Waals surface area contributed by atoms with E-state index in [1.165, 1.54) is 12.8 Å². The van der Waals surface area contributed by atoms with Crippen molar-refractivity contribution in [2.75, 3.05) is 19.6 Å². The number of likely N-dealkylation sites (tertiary alicyclic amines) is 1. The third kappa shape index (κ3) is 2.48. The van der Waals surface area contributed by atoms with Crippen molar-refractivity contribution in [3.05, 3.63) is 0 Å². The number of nitrogens with zero attached hydrogens (tertiary/aromatic N) is 1. The molecule has 1 atom stereocenters. The molecule has 1 aliphatic rings. The van der Waals surface area contributed by atoms with Crippen molar-refractivity contribution in [2.45, 2.75) is 18.9 Å². The Balaban J connectivity index is 2.23. The molecule has 0 radical (unpaired) electrons. The van der Waals surface area contributed by atoms with E-state index in [-0.39, 0.29) is 0 Å². The molecule has 0 aromatic carbocycles. The summed E-state index contributed by atoms with van der Waals surface area (Å²) in [7, 11) is 0. The van der Waals surface area contributed by atoms with Crippen LogP contribution in [0.5, 0.6) is 0 Å². The van der Waals surface area contributed by atoms with Gasteiger partial charge in [-0.1, -0.05) is 0 Å². The normalized spacial score (nSPS) is 21.9. The van der Waals surface area contributed by atoms with E-state index in [2.05, 4.69) is 4.90 Å². The predicted octanol–water partition coefficient (Wildman–Crippen LogP) is -0.506. The van der Waals surface area contributed by atoms with E-state index in [4.69, 9.17) is 10.8 Å². The predicted molar refractivity (Wildman–Crippen MR) is 41.3 cm³/mol. The quantitative estimate of drug-likeness (QED) is 0.580. The summed E-state index contributed by atoms with van der Waals surface area (Å²) < 4.78 is 0. The van der Waals surface area contributed by atoms with Crippen molar-refractivity contribution < 1.29 is 9.90 Å². The van der Waals surface area contributed by atoms with Crippen molar-refractivity contribution in [1.29, 1.82) is 0 Å². The Morgan fingerprint density at radius 3 is 2.55 bits per heavy atom. The highest BCUT2D eigenvalue weighted by molar-refractivity contribution is 5.73. The molecule has 3 N–H and O–H groups in total. The lowest BCUT2D eigenvalue weighted by atomic mass is 10.3. The van der Waals surface area contributed by atoms with Crippen LogP contribution in [0.4, 0.5) is 0 Å². The molecule has 0 aromatic rings. The summed E-state index contributed by atoms with van der Waals surface area (Å²) in [5, 5.41) is 8.49. The van der Waals surface area contributed by atoms with Gasteiger partial charge in [-0.15, -0.1) is 0 Å². The van der Waals surface area contributed by atoms with Gasteiger partial charge in [0.25, 0.3) is 0 Å². The topological polar surface area (TPSA) is 66.6 Å². The highest BCUT2D eigenvalue weighted by atomic mass is 16.4. The Kier molecular flexibility index (Phi) is 2.84. The van der Waals surface area contributed by atoms with Crippen LogP contribution in [0.15, 0.2) is 0 Å². The van der Waals surface area contributed by atoms with Crippen molar-refractivity contribution >= 4 is 5.97 Å². The van der Waals surface area contributed by atoms with E-state index in [9.17, 15) is 4.79 Å². The van der Waals surface area contributed by atoms with Crippen LogP contribution in [0, 0.1) is 0 Å². The minimum Gasteiger partial charge on any atom is -0.480 e. The Morgan fingerprint density at radius 2 is 2.09 bits per heavy atom. The lowest BCUT2D eigenvalue weighted by Gasteiger charge is -2.16. The zero-order chi connectivity index (χ0) is 8.27. The molecule has 1 unspecified atom stereocenters. The van der Waals surface area contributed by atoms with Crippen LogP contribution in [0.25, 0.3) is 0 Å². The van der Waals surface area contributed by atoms with E-state index in [0.29, 0.717) is 6.54 Å². The van der Waals surface area contributed by atoms with Gasteiger partial charge >= 0.3 is 5.97 Å². The number of hydrogen-bond acceptors (Lipinski definition) is 3. The number of carboxylic acids is 1. The standard InChI is InChI=1S/C7H14N2O2/c8-6(7(10)11)5-9-3-1-2-4-9/h6H,1-5,8H2,(H,10,11). The minimum atomic E-state index is -0.906. The van der Waals surface area contributed by atoms with Gasteiger partial charge in [0.2, 0.25) is 0 Å². The van der Waals surface area contributed by atoms with Gasteiger partial charge in [0.15, 0.2) is 0 Å². The molecule has 1 fully saturated rings. The summed E-state index contributed by atoms with van der Waals surface area (Å²) in [6.07, 6.45) is 2.35. The molecule has 0 amide bonds. The van der Waals surface area contributed by atoms with E-state index in [1.54, 1.807) is 0 Å². The molecule has 1 rings (SSSR count). The number of carbonyl (C=O) groups is 1. The van der Waals surface area contributed by atoms with Gasteiger partial charge in [-0.05, 0) is 25.9 Å². The van der Waals surface area contributed by atoms with Gasteiger partial charge < -0.3 is 15.7 Å². The van der Waals surface area contributed by atoms with Crippen LogP contribution >= 0.6 is 0 Å². The van der Waals surface area contributed by atoms with E-state index in [1.807, 2.05) is 0 Å². The third-order valence-corrected chi connectivity index (χ3v) is 1.97. The van der Waals surface area contributed by atoms with Crippen LogP contribution in [0.2, 0.25) is 0 Å². The monoisotopic (exact) mass is 158 g/mol. The SMILES string of the molecule is NC(CN1CCCC1)C(=O)O. The number of hydrogen-bond donors (Lipinski definition) is 2. The van der Waals surface area contributed by atoms with E-state index < -0.39 is 12.0 Å². The maximum atomic E-state index is 10.3. The number of rotatable bonds is 3. The third-order valence-electron chi connectivity index (χ3n) is 1.97. The summed E-state index contributed by atoms with van der Waals surface area (Å²) in [4.78, 5) is 12.4. The second-order valence-electron chi connectivity index (χ2n) is 2.95. The van der Waals surface area contributed by atoms with Crippen molar-refractivity contribution in [3.8, 4) is 0 Å². The average Bonchev–Trinajstić information content (AvgIpc) is 2.39. The summed E-state index contributed by atoms with van der Waals surface area (Å²) in [5.41, 5.74) is 5.36. The average molecular weight is 158 g/mol. The highest BCUT2D eigenvalue weighted by Crippen LogP contribution is 2.06. The molecule has 0 aliphatic carbocycles. The number of carboxylic acid groups (broad SMARTS) is 1. The van der Waals surface area contributed by atoms with Crippen LogP contribution < -0.4 is 5.73 Å². The fourth-order valence-electron chi connectivity index (χ4n) is 1.32. The highest BCUT2D eigenvalue weighted by Gasteiger charge is 2.18. The summed E-state index contributed by atoms with van der Waals surface area (Å²) in [6.45, 7) is 2.50. The van der Waals surface area contributed by atoms with Gasteiger partial charge in [0.05, 0.1) is 0 Å². The zero-order valence-corrected chi connectivity index (χ0v) is 6.49. The molecular formula is C7H14N2O2. The molecule has 1 saturated heterocycles. The van der Waals surface area contributed by atoms with Crippen LogP contribution in [0.3, 0.4) is 0 Å². The number of aliphatic carboxylic acids is 1. The first-order valence-corrected chi connectivity index (χ1v) is 3.91. The van der Waals surface area contributed by atoms with Crippen molar-refractivity contribution in [1.82, 2.24) is 4.90 Å². The molecule has 4 nitrogen and oxygen atoms in total. The fourth-order valence-corrected chi connectivity index (χ4v) is 1.32. The molecule has 1 heterocycles. The second-order valence-corrected chi connectivity index (χ2v) is 2.95. The molecule has 0 bridgehead atoms. The minimum absolute atomic E-state index is 0.495. The van der Waals surface area contributed by atoms with E-state index in [0.717, 1.165) is 13.1 Å². The smallest absolute Gasteiger partial charge is 0.321 e. The Morgan fingerprint density at radius 1 is 1.55 bits per heavy atom. The van der Waals surface area contributed by atoms with Gasteiger partial charge in [-0.25, -0.2) is 0 Å². The number of nitrogens with two attached hydrogens (primary N) is 1. The fraction of sp³-hybridized carbons (Fsp3) is 0.857. The largest absolute Gasteiger partial charge is 0.480 e. The van der Waals surface area contributed by atoms with Crippen molar-refractivity contribution in [2.24, 2.45) is 5.73 Å². The van der Waals surface area contributed by atoms with Gasteiger partial charge in [0.1, 0.15) is 6.04 Å². The first-order chi connectivity index (χ1) is 5.20. The molecule has 0 aromatic heterocycles. The molecule has 64 valence electrons. The molecule has 1 aliphatic heterocycles. The van der Waals surface area contributed by atoms with Gasteiger partial charge in [-0.3, -0.25) is 4.79 Å². The van der Waals surface area contributed by atoms with Crippen molar-refractivity contribution in [3.63, 3.8) is 0 Å². The van der Waals surface area contributed by atoms with Crippen LogP contribution in [-0.2, 0) is 4.79 Å². The molecule has 0 saturated carbocycles. The lowest BCUT2D eigenvalue weighted by molar-refractivity contribution is -0.138. The molecular weight excluding hydrogens is 144 g/mol. The Labute approximate surface area is 66.0 Å².